The molecule has 0 radical (unpaired) electrons. The van der Waals surface area contributed by atoms with Crippen molar-refractivity contribution in [2.24, 2.45) is 5.18 Å². The van der Waals surface area contributed by atoms with E-state index in [2.05, 4.69) is 12.1 Å². The van der Waals surface area contributed by atoms with Crippen LogP contribution in [0.3, 0.4) is 0 Å². The molecule has 17 heavy (non-hydrogen) atoms. The SMILES string of the molecule is CCc1ccc(OCCCCC(=O)N=O)cc1. The Morgan fingerprint density at radius 1 is 1.24 bits per heavy atom. The molecule has 1 aromatic carbocycles. The molecular formula is C13H17NO3. The third-order valence-corrected chi connectivity index (χ3v) is 2.49. The molecule has 0 saturated carbocycles. The van der Waals surface area contributed by atoms with Crippen LogP contribution in [0.4, 0.5) is 0 Å². The largest absolute Gasteiger partial charge is 0.494 e. The van der Waals surface area contributed by atoms with Crippen LogP contribution in [-0.2, 0) is 11.2 Å². The lowest BCUT2D eigenvalue weighted by Gasteiger charge is -2.05. The van der Waals surface area contributed by atoms with Gasteiger partial charge in [-0.1, -0.05) is 19.1 Å². The van der Waals surface area contributed by atoms with Gasteiger partial charge in [0.25, 0.3) is 5.91 Å². The third-order valence-electron chi connectivity index (χ3n) is 2.49. The number of amides is 1. The number of rotatable bonds is 7. The van der Waals surface area contributed by atoms with Crippen molar-refractivity contribution in [1.82, 2.24) is 0 Å². The van der Waals surface area contributed by atoms with Gasteiger partial charge in [-0.25, -0.2) is 0 Å². The zero-order chi connectivity index (χ0) is 12.5. The minimum absolute atomic E-state index is 0.210. The molecule has 0 spiro atoms. The average molecular weight is 235 g/mol. The van der Waals surface area contributed by atoms with Crippen molar-refractivity contribution < 1.29 is 9.53 Å². The molecule has 0 N–H and O–H groups in total. The van der Waals surface area contributed by atoms with Gasteiger partial charge in [-0.3, -0.25) is 4.79 Å². The predicted molar refractivity (Wildman–Crippen MR) is 66.0 cm³/mol. The van der Waals surface area contributed by atoms with Crippen LogP contribution >= 0.6 is 0 Å². The fraction of sp³-hybridized carbons (Fsp3) is 0.462. The molecule has 0 saturated heterocycles. The van der Waals surface area contributed by atoms with Gasteiger partial charge in [0.05, 0.1) is 6.61 Å². The van der Waals surface area contributed by atoms with Crippen LogP contribution in [0.5, 0.6) is 5.75 Å². The van der Waals surface area contributed by atoms with E-state index in [1.807, 2.05) is 24.3 Å². The second kappa shape index (κ2) is 7.54. The summed E-state index contributed by atoms with van der Waals surface area (Å²) < 4.78 is 5.50. The quantitative estimate of drug-likeness (QED) is 0.539. The normalized spacial score (nSPS) is 9.94. The number of hydrogen-bond donors (Lipinski definition) is 0. The Labute approximate surface area is 101 Å². The van der Waals surface area contributed by atoms with Gasteiger partial charge >= 0.3 is 0 Å². The summed E-state index contributed by atoms with van der Waals surface area (Å²) in [4.78, 5) is 20.4. The van der Waals surface area contributed by atoms with Crippen LogP contribution < -0.4 is 4.74 Å². The molecule has 92 valence electrons. The van der Waals surface area contributed by atoms with Gasteiger partial charge < -0.3 is 4.74 Å². The van der Waals surface area contributed by atoms with Gasteiger partial charge in [0.1, 0.15) is 5.75 Å². The van der Waals surface area contributed by atoms with E-state index in [4.69, 9.17) is 4.74 Å². The second-order valence-electron chi connectivity index (χ2n) is 3.79. The maximum atomic E-state index is 10.6. The van der Waals surface area contributed by atoms with Gasteiger partial charge in [0, 0.05) is 11.6 Å². The summed E-state index contributed by atoms with van der Waals surface area (Å²) in [6.07, 6.45) is 2.61. The minimum Gasteiger partial charge on any atom is -0.494 e. The van der Waals surface area contributed by atoms with Gasteiger partial charge in [-0.2, -0.15) is 0 Å². The number of hydrogen-bond acceptors (Lipinski definition) is 3. The number of nitroso groups, excluding NO2 is 1. The fourth-order valence-corrected chi connectivity index (χ4v) is 1.44. The van der Waals surface area contributed by atoms with Crippen molar-refractivity contribution in [2.45, 2.75) is 32.6 Å². The zero-order valence-electron chi connectivity index (χ0n) is 10.0. The first kappa shape index (κ1) is 13.4. The molecule has 0 fully saturated rings. The molecule has 0 bridgehead atoms. The molecule has 0 aliphatic rings. The van der Waals surface area contributed by atoms with E-state index in [9.17, 15) is 9.70 Å². The van der Waals surface area contributed by atoms with E-state index in [-0.39, 0.29) is 6.42 Å². The Morgan fingerprint density at radius 2 is 1.94 bits per heavy atom. The molecule has 4 nitrogen and oxygen atoms in total. The van der Waals surface area contributed by atoms with Gasteiger partial charge in [0.2, 0.25) is 0 Å². The predicted octanol–water partition coefficient (Wildman–Crippen LogP) is 3.09. The molecular weight excluding hydrogens is 218 g/mol. The van der Waals surface area contributed by atoms with Crippen molar-refractivity contribution in [1.29, 1.82) is 0 Å². The van der Waals surface area contributed by atoms with E-state index in [1.165, 1.54) is 5.56 Å². The highest BCUT2D eigenvalue weighted by atomic mass is 16.5. The molecule has 0 heterocycles. The number of carbonyl (C=O) groups is 1. The van der Waals surface area contributed by atoms with Crippen molar-refractivity contribution in [3.8, 4) is 5.75 Å². The summed E-state index contributed by atoms with van der Waals surface area (Å²) in [6, 6.07) is 7.96. The summed E-state index contributed by atoms with van der Waals surface area (Å²) in [5.74, 6) is 0.249. The van der Waals surface area contributed by atoms with E-state index >= 15 is 0 Å². The molecule has 0 atom stereocenters. The van der Waals surface area contributed by atoms with Crippen LogP contribution in [0.25, 0.3) is 0 Å². The minimum atomic E-state index is -0.586. The highest BCUT2D eigenvalue weighted by molar-refractivity contribution is 5.76. The highest BCUT2D eigenvalue weighted by Crippen LogP contribution is 2.13. The summed E-state index contributed by atoms with van der Waals surface area (Å²) in [5.41, 5.74) is 1.28. The molecule has 0 aromatic heterocycles. The average Bonchev–Trinajstić information content (AvgIpc) is 2.38. The zero-order valence-corrected chi connectivity index (χ0v) is 10.0. The molecule has 1 rings (SSSR count). The topological polar surface area (TPSA) is 55.7 Å². The van der Waals surface area contributed by atoms with Crippen molar-refractivity contribution in [2.75, 3.05) is 6.61 Å². The smallest absolute Gasteiger partial charge is 0.286 e. The molecule has 1 amide bonds. The van der Waals surface area contributed by atoms with Crippen LogP contribution in [0.2, 0.25) is 0 Å². The summed E-state index contributed by atoms with van der Waals surface area (Å²) >= 11 is 0. The van der Waals surface area contributed by atoms with Crippen LogP contribution in [-0.4, -0.2) is 12.5 Å². The van der Waals surface area contributed by atoms with E-state index in [1.54, 1.807) is 0 Å². The molecule has 0 unspecified atom stereocenters. The second-order valence-corrected chi connectivity index (χ2v) is 3.79. The van der Waals surface area contributed by atoms with Crippen LogP contribution in [0.15, 0.2) is 29.4 Å². The lowest BCUT2D eigenvalue weighted by Crippen LogP contribution is -1.99. The standard InChI is InChI=1S/C13H17NO3/c1-2-11-6-8-12(9-7-11)17-10-4-3-5-13(15)14-16/h6-9H,2-5,10H2,1H3. The first-order valence-electron chi connectivity index (χ1n) is 5.84. The van der Waals surface area contributed by atoms with Crippen LogP contribution in [0.1, 0.15) is 31.7 Å². The molecule has 0 aliphatic carbocycles. The Bertz CT molecular complexity index is 359. The van der Waals surface area contributed by atoms with E-state index in [0.717, 1.165) is 18.6 Å². The van der Waals surface area contributed by atoms with Gasteiger partial charge in [-0.15, -0.1) is 4.91 Å². The number of aryl methyl sites for hydroxylation is 1. The van der Waals surface area contributed by atoms with E-state index < -0.39 is 5.91 Å². The van der Waals surface area contributed by atoms with Gasteiger partial charge in [0.15, 0.2) is 0 Å². The lowest BCUT2D eigenvalue weighted by molar-refractivity contribution is -0.118. The first-order valence-corrected chi connectivity index (χ1v) is 5.84. The number of carbonyl (C=O) groups excluding carboxylic acids is 1. The Kier molecular flexibility index (Phi) is 5.93. The number of unbranched alkanes of at least 4 members (excludes halogenated alkanes) is 1. The summed E-state index contributed by atoms with van der Waals surface area (Å²) in [6.45, 7) is 2.66. The maximum Gasteiger partial charge on any atom is 0.286 e. The monoisotopic (exact) mass is 235 g/mol. The van der Waals surface area contributed by atoms with Crippen molar-refractivity contribution in [3.05, 3.63) is 34.7 Å². The Balaban J connectivity index is 2.17. The van der Waals surface area contributed by atoms with Gasteiger partial charge in [-0.05, 0) is 37.0 Å². The molecule has 0 aliphatic heterocycles. The highest BCUT2D eigenvalue weighted by Gasteiger charge is 2.00. The fourth-order valence-electron chi connectivity index (χ4n) is 1.44. The van der Waals surface area contributed by atoms with Crippen molar-refractivity contribution >= 4 is 5.91 Å². The van der Waals surface area contributed by atoms with Crippen LogP contribution in [0, 0.1) is 4.91 Å². The number of ether oxygens (including phenoxy) is 1. The third kappa shape index (κ3) is 5.24. The summed E-state index contributed by atoms with van der Waals surface area (Å²) in [5, 5.41) is 2.33. The molecule has 1 aromatic rings. The first-order chi connectivity index (χ1) is 8.26. The number of nitrogens with zero attached hydrogens (tertiary/aromatic N) is 1. The Morgan fingerprint density at radius 3 is 2.53 bits per heavy atom. The molecule has 4 heteroatoms. The maximum absolute atomic E-state index is 10.6. The number of benzene rings is 1. The Hall–Kier alpha value is -1.71. The van der Waals surface area contributed by atoms with E-state index in [0.29, 0.717) is 13.0 Å². The van der Waals surface area contributed by atoms with Crippen molar-refractivity contribution in [3.63, 3.8) is 0 Å². The summed E-state index contributed by atoms with van der Waals surface area (Å²) in [7, 11) is 0. The lowest BCUT2D eigenvalue weighted by atomic mass is 10.2.